The van der Waals surface area contributed by atoms with Crippen molar-refractivity contribution in [2.75, 3.05) is 26.7 Å². The summed E-state index contributed by atoms with van der Waals surface area (Å²) in [5, 5.41) is 1.90. The van der Waals surface area contributed by atoms with Crippen LogP contribution in [0, 0.1) is 12.3 Å². The van der Waals surface area contributed by atoms with Gasteiger partial charge in [-0.1, -0.05) is 37.5 Å². The summed E-state index contributed by atoms with van der Waals surface area (Å²) < 4.78 is 46.0. The van der Waals surface area contributed by atoms with Crippen LogP contribution >= 0.6 is 0 Å². The van der Waals surface area contributed by atoms with Crippen molar-refractivity contribution in [2.45, 2.75) is 43.5 Å². The molecule has 7 nitrogen and oxygen atoms in total. The quantitative estimate of drug-likeness (QED) is 0.136. The van der Waals surface area contributed by atoms with Gasteiger partial charge < -0.3 is 19.2 Å². The number of hydrogen-bond acceptors (Lipinski definition) is 5. The number of nitrogens with zero attached hydrogens (tertiary/aromatic N) is 2. The van der Waals surface area contributed by atoms with Gasteiger partial charge in [-0.15, -0.1) is 10.3 Å². The minimum atomic E-state index is -4.92. The SMILES string of the molecule is C#Cc1ccc2c(c1)[nH]c1c2c(=O)c2cc(OCCCC)c(-c3cccc(S(=O)(=O)F)c3)cc2n1C1CCN(C)CC1. The zero-order chi connectivity index (χ0) is 29.6. The van der Waals surface area contributed by atoms with Crippen molar-refractivity contribution >= 4 is 43.1 Å². The summed E-state index contributed by atoms with van der Waals surface area (Å²) in [6, 6.07) is 15.1. The number of fused-ring (bicyclic) bond motifs is 4. The Morgan fingerprint density at radius 1 is 1.10 bits per heavy atom. The van der Waals surface area contributed by atoms with Gasteiger partial charge in [0.25, 0.3) is 0 Å². The molecule has 0 amide bonds. The smallest absolute Gasteiger partial charge is 0.332 e. The molecule has 0 bridgehead atoms. The van der Waals surface area contributed by atoms with Crippen LogP contribution in [0.25, 0.3) is 44.0 Å². The van der Waals surface area contributed by atoms with Gasteiger partial charge in [0.2, 0.25) is 0 Å². The highest BCUT2D eigenvalue weighted by molar-refractivity contribution is 7.86. The van der Waals surface area contributed by atoms with E-state index in [0.29, 0.717) is 45.3 Å². The molecule has 3 heterocycles. The Hall–Kier alpha value is -4.13. The van der Waals surface area contributed by atoms with Gasteiger partial charge in [-0.2, -0.15) is 8.42 Å². The number of rotatable bonds is 7. The van der Waals surface area contributed by atoms with E-state index in [1.54, 1.807) is 12.1 Å². The number of ether oxygens (including phenoxy) is 1. The fraction of sp³-hybridized carbons (Fsp3) is 0.303. The number of likely N-dealkylation sites (tertiary alicyclic amines) is 1. The molecule has 0 radical (unpaired) electrons. The number of aromatic nitrogens is 2. The second-order valence-corrected chi connectivity index (χ2v) is 12.4. The van der Waals surface area contributed by atoms with Crippen LogP contribution in [0.15, 0.2) is 64.3 Å². The van der Waals surface area contributed by atoms with Crippen molar-refractivity contribution < 1.29 is 17.0 Å². The molecule has 216 valence electrons. The fourth-order valence-electron chi connectivity index (χ4n) is 6.01. The first-order valence-electron chi connectivity index (χ1n) is 14.2. The Balaban J connectivity index is 1.70. The van der Waals surface area contributed by atoms with Crippen LogP contribution in [0.5, 0.6) is 5.75 Å². The van der Waals surface area contributed by atoms with E-state index in [2.05, 4.69) is 34.3 Å². The summed E-state index contributed by atoms with van der Waals surface area (Å²) in [5.74, 6) is 3.12. The Kier molecular flexibility index (Phi) is 7.29. The van der Waals surface area contributed by atoms with Gasteiger partial charge in [-0.05, 0) is 81.4 Å². The lowest BCUT2D eigenvalue weighted by Gasteiger charge is -2.32. The van der Waals surface area contributed by atoms with E-state index in [-0.39, 0.29) is 11.5 Å². The summed E-state index contributed by atoms with van der Waals surface area (Å²) in [6.45, 7) is 4.29. The molecule has 0 aliphatic carbocycles. The van der Waals surface area contributed by atoms with Gasteiger partial charge in [0.1, 0.15) is 11.4 Å². The average molecular weight is 586 g/mol. The third-order valence-electron chi connectivity index (χ3n) is 8.25. The predicted octanol–water partition coefficient (Wildman–Crippen LogP) is 6.39. The molecule has 1 N–H and O–H groups in total. The van der Waals surface area contributed by atoms with Crippen LogP contribution < -0.4 is 10.2 Å². The molecule has 42 heavy (non-hydrogen) atoms. The molecule has 2 aromatic heterocycles. The first kappa shape index (κ1) is 28.0. The van der Waals surface area contributed by atoms with Crippen molar-refractivity contribution in [1.29, 1.82) is 0 Å². The highest BCUT2D eigenvalue weighted by Gasteiger charge is 2.26. The second-order valence-electron chi connectivity index (χ2n) is 11.0. The van der Waals surface area contributed by atoms with Crippen LogP contribution in [0.1, 0.15) is 44.2 Å². The van der Waals surface area contributed by atoms with E-state index in [4.69, 9.17) is 11.2 Å². The van der Waals surface area contributed by atoms with Crippen molar-refractivity contribution in [1.82, 2.24) is 14.5 Å². The van der Waals surface area contributed by atoms with E-state index in [0.717, 1.165) is 55.3 Å². The van der Waals surface area contributed by atoms with E-state index >= 15 is 0 Å². The molecular weight excluding hydrogens is 553 g/mol. The zero-order valence-corrected chi connectivity index (χ0v) is 24.4. The summed E-state index contributed by atoms with van der Waals surface area (Å²) in [7, 11) is -2.82. The molecule has 3 aromatic carbocycles. The Bertz CT molecular complexity index is 2050. The molecule has 0 unspecified atom stereocenters. The number of H-pyrrole nitrogens is 1. The van der Waals surface area contributed by atoms with E-state index in [1.165, 1.54) is 18.2 Å². The fourth-order valence-corrected chi connectivity index (χ4v) is 6.52. The number of terminal acetylenes is 1. The topological polar surface area (TPSA) is 84.4 Å². The molecule has 1 saturated heterocycles. The molecule has 0 spiro atoms. The maximum absolute atomic E-state index is 14.3. The van der Waals surface area contributed by atoms with Crippen LogP contribution in [-0.2, 0) is 10.2 Å². The second kappa shape index (κ2) is 10.9. The summed E-state index contributed by atoms with van der Waals surface area (Å²) >= 11 is 0. The van der Waals surface area contributed by atoms with Crippen molar-refractivity contribution in [3.63, 3.8) is 0 Å². The van der Waals surface area contributed by atoms with Crippen molar-refractivity contribution in [2.24, 2.45) is 0 Å². The third kappa shape index (κ3) is 4.95. The van der Waals surface area contributed by atoms with Gasteiger partial charge in [-0.3, -0.25) is 4.79 Å². The van der Waals surface area contributed by atoms with Gasteiger partial charge in [0.15, 0.2) is 5.43 Å². The van der Waals surface area contributed by atoms with E-state index < -0.39 is 15.1 Å². The number of hydrogen-bond donors (Lipinski definition) is 1. The van der Waals surface area contributed by atoms with Gasteiger partial charge in [0, 0.05) is 28.1 Å². The molecule has 9 heteroatoms. The molecule has 1 aliphatic heterocycles. The zero-order valence-electron chi connectivity index (χ0n) is 23.6. The molecule has 0 atom stereocenters. The normalized spacial score (nSPS) is 15.0. The average Bonchev–Trinajstić information content (AvgIpc) is 3.36. The van der Waals surface area contributed by atoms with Crippen molar-refractivity contribution in [3.8, 4) is 29.2 Å². The molecular formula is C33H32FN3O4S. The number of unbranched alkanes of at least 4 members (excludes halogenated alkanes) is 1. The van der Waals surface area contributed by atoms with E-state index in [1.807, 2.05) is 24.3 Å². The lowest BCUT2D eigenvalue weighted by Crippen LogP contribution is -2.32. The minimum Gasteiger partial charge on any atom is -0.493 e. The number of benzene rings is 3. The van der Waals surface area contributed by atoms with Crippen LogP contribution in [0.3, 0.4) is 0 Å². The molecule has 1 aliphatic rings. The molecule has 1 fully saturated rings. The first-order chi connectivity index (χ1) is 20.2. The number of nitrogens with one attached hydrogen (secondary N) is 1. The lowest BCUT2D eigenvalue weighted by atomic mass is 9.98. The first-order valence-corrected chi connectivity index (χ1v) is 15.6. The van der Waals surface area contributed by atoms with Gasteiger partial charge >= 0.3 is 10.2 Å². The van der Waals surface area contributed by atoms with Crippen LogP contribution in [0.4, 0.5) is 3.89 Å². The Labute approximate surface area is 244 Å². The number of pyridine rings is 1. The largest absolute Gasteiger partial charge is 0.493 e. The molecule has 5 aromatic rings. The standard InChI is InChI=1S/C33H32FN3O4S/c1-4-6-16-41-30-20-27-29(19-26(30)22-8-7-9-24(18-22)42(34,39)40)37(23-12-14-36(3)15-13-23)33-31(32(27)38)25-11-10-21(5-2)17-28(25)35-33/h2,7-11,17-20,23,35H,4,6,12-16H2,1,3H3. The van der Waals surface area contributed by atoms with Crippen molar-refractivity contribution in [3.05, 3.63) is 70.4 Å². The number of halogens is 1. The molecule has 0 saturated carbocycles. The monoisotopic (exact) mass is 585 g/mol. The van der Waals surface area contributed by atoms with Crippen LogP contribution in [-0.4, -0.2) is 49.6 Å². The highest BCUT2D eigenvalue weighted by atomic mass is 32.3. The third-order valence-corrected chi connectivity index (χ3v) is 9.07. The van der Waals surface area contributed by atoms with Crippen LogP contribution in [0.2, 0.25) is 0 Å². The maximum atomic E-state index is 14.3. The Morgan fingerprint density at radius 3 is 2.60 bits per heavy atom. The minimum absolute atomic E-state index is 0.101. The molecule has 6 rings (SSSR count). The number of aromatic amines is 1. The predicted molar refractivity (Wildman–Crippen MR) is 165 cm³/mol. The number of piperidine rings is 1. The maximum Gasteiger partial charge on any atom is 0.332 e. The highest BCUT2D eigenvalue weighted by Crippen LogP contribution is 2.39. The van der Waals surface area contributed by atoms with Gasteiger partial charge in [-0.25, -0.2) is 0 Å². The Morgan fingerprint density at radius 2 is 1.88 bits per heavy atom. The lowest BCUT2D eigenvalue weighted by molar-refractivity contribution is 0.226. The van der Waals surface area contributed by atoms with E-state index in [9.17, 15) is 17.1 Å². The summed E-state index contributed by atoms with van der Waals surface area (Å²) in [5.41, 5.74) is 3.88. The summed E-state index contributed by atoms with van der Waals surface area (Å²) in [6.07, 6.45) is 9.15. The summed E-state index contributed by atoms with van der Waals surface area (Å²) in [4.78, 5) is 19.6. The van der Waals surface area contributed by atoms with Gasteiger partial charge in [0.05, 0.1) is 27.8 Å².